The summed E-state index contributed by atoms with van der Waals surface area (Å²) >= 11 is 0. The molecule has 96 valence electrons. The molecule has 1 heterocycles. The number of hydrogen-bond acceptors (Lipinski definition) is 4. The van der Waals surface area contributed by atoms with Gasteiger partial charge in [-0.05, 0) is 12.8 Å². The van der Waals surface area contributed by atoms with Crippen LogP contribution in [0, 0.1) is 0 Å². The molecular weight excluding hydrogens is 220 g/mol. The average Bonchev–Trinajstić information content (AvgIpc) is 2.87. The maximum Gasteiger partial charge on any atom is 0.222 e. The Morgan fingerprint density at radius 1 is 1.47 bits per heavy atom. The van der Waals surface area contributed by atoms with Crippen molar-refractivity contribution in [1.29, 1.82) is 0 Å². The van der Waals surface area contributed by atoms with E-state index in [-0.39, 0.29) is 12.5 Å². The second-order valence-electron chi connectivity index (χ2n) is 4.11. The van der Waals surface area contributed by atoms with E-state index in [1.165, 1.54) is 0 Å². The summed E-state index contributed by atoms with van der Waals surface area (Å²) in [5.41, 5.74) is -0.487. The molecule has 0 spiro atoms. The zero-order valence-corrected chi connectivity index (χ0v) is 10.4. The lowest BCUT2D eigenvalue weighted by molar-refractivity contribution is -0.124. The quantitative estimate of drug-likeness (QED) is 0.720. The fraction of sp³-hybridized carbons (Fsp3) is 0.727. The maximum absolute atomic E-state index is 11.7. The zero-order chi connectivity index (χ0) is 12.7. The summed E-state index contributed by atoms with van der Waals surface area (Å²) < 4.78 is 1.61. The largest absolute Gasteiger partial charge is 0.394 e. The van der Waals surface area contributed by atoms with Crippen molar-refractivity contribution in [3.63, 3.8) is 0 Å². The van der Waals surface area contributed by atoms with E-state index in [4.69, 9.17) is 0 Å². The summed E-state index contributed by atoms with van der Waals surface area (Å²) in [6.07, 6.45) is 5.06. The van der Waals surface area contributed by atoms with E-state index in [1.807, 2.05) is 13.8 Å². The van der Waals surface area contributed by atoms with Crippen LogP contribution in [0.2, 0.25) is 0 Å². The van der Waals surface area contributed by atoms with Crippen molar-refractivity contribution in [3.8, 4) is 0 Å². The minimum atomic E-state index is -0.487. The number of carbonyl (C=O) groups excluding carboxylic acids is 1. The first-order valence-corrected chi connectivity index (χ1v) is 5.91. The van der Waals surface area contributed by atoms with E-state index >= 15 is 0 Å². The van der Waals surface area contributed by atoms with Gasteiger partial charge in [0, 0.05) is 12.6 Å². The Balaban J connectivity index is 2.42. The number of amides is 1. The fourth-order valence-corrected chi connectivity index (χ4v) is 1.62. The van der Waals surface area contributed by atoms with Crippen LogP contribution < -0.4 is 5.32 Å². The van der Waals surface area contributed by atoms with E-state index in [0.717, 1.165) is 12.8 Å². The lowest BCUT2D eigenvalue weighted by Gasteiger charge is -2.30. The molecule has 1 aromatic rings. The van der Waals surface area contributed by atoms with Gasteiger partial charge in [-0.1, -0.05) is 19.1 Å². The third kappa shape index (κ3) is 3.81. The summed E-state index contributed by atoms with van der Waals surface area (Å²) in [7, 11) is 0. The lowest BCUT2D eigenvalue weighted by Crippen LogP contribution is -2.50. The average molecular weight is 240 g/mol. The fourth-order valence-electron chi connectivity index (χ4n) is 1.62. The molecular formula is C11H20N4O2. The predicted octanol–water partition coefficient (Wildman–Crippen LogP) is 0.335. The molecule has 6 nitrogen and oxygen atoms in total. The molecule has 2 N–H and O–H groups in total. The normalized spacial score (nSPS) is 11.5. The summed E-state index contributed by atoms with van der Waals surface area (Å²) in [6, 6.07) is 0. The van der Waals surface area contributed by atoms with Crippen LogP contribution in [-0.2, 0) is 11.3 Å². The molecule has 0 saturated heterocycles. The molecule has 6 heteroatoms. The number of rotatable bonds is 7. The number of aryl methyl sites for hydroxylation is 1. The van der Waals surface area contributed by atoms with Gasteiger partial charge in [0.15, 0.2) is 0 Å². The van der Waals surface area contributed by atoms with Gasteiger partial charge in [0.1, 0.15) is 0 Å². The molecule has 1 aromatic heterocycles. The SMILES string of the molecule is CCC(CC)(CO)NC(=O)CCn1ccnn1. The molecule has 0 aliphatic rings. The van der Waals surface area contributed by atoms with Crippen molar-refractivity contribution in [2.24, 2.45) is 0 Å². The first kappa shape index (κ1) is 13.6. The van der Waals surface area contributed by atoms with Crippen molar-refractivity contribution in [2.45, 2.75) is 45.2 Å². The molecule has 0 radical (unpaired) electrons. The second kappa shape index (κ2) is 6.34. The van der Waals surface area contributed by atoms with Crippen LogP contribution >= 0.6 is 0 Å². The van der Waals surface area contributed by atoms with Crippen LogP contribution in [0.5, 0.6) is 0 Å². The maximum atomic E-state index is 11.7. The molecule has 0 saturated carbocycles. The van der Waals surface area contributed by atoms with Gasteiger partial charge in [-0.25, -0.2) is 0 Å². The lowest BCUT2D eigenvalue weighted by atomic mass is 9.94. The summed E-state index contributed by atoms with van der Waals surface area (Å²) in [5.74, 6) is -0.0711. The topological polar surface area (TPSA) is 80.0 Å². The Kier molecular flexibility index (Phi) is 5.09. The van der Waals surface area contributed by atoms with E-state index in [0.29, 0.717) is 13.0 Å². The van der Waals surface area contributed by atoms with Gasteiger partial charge in [0.05, 0.1) is 24.9 Å². The van der Waals surface area contributed by atoms with Gasteiger partial charge >= 0.3 is 0 Å². The Bertz CT molecular complexity index is 325. The molecule has 0 unspecified atom stereocenters. The third-order valence-corrected chi connectivity index (χ3v) is 3.10. The molecule has 0 aliphatic heterocycles. The van der Waals surface area contributed by atoms with Crippen LogP contribution in [0.25, 0.3) is 0 Å². The van der Waals surface area contributed by atoms with Crippen LogP contribution in [0.1, 0.15) is 33.1 Å². The summed E-state index contributed by atoms with van der Waals surface area (Å²) in [6.45, 7) is 4.38. The van der Waals surface area contributed by atoms with E-state index in [1.54, 1.807) is 17.1 Å². The summed E-state index contributed by atoms with van der Waals surface area (Å²) in [4.78, 5) is 11.7. The highest BCUT2D eigenvalue weighted by atomic mass is 16.3. The van der Waals surface area contributed by atoms with E-state index in [2.05, 4.69) is 15.6 Å². The van der Waals surface area contributed by atoms with Crippen molar-refractivity contribution in [1.82, 2.24) is 20.3 Å². The van der Waals surface area contributed by atoms with Crippen LogP contribution in [0.3, 0.4) is 0 Å². The Labute approximate surface area is 101 Å². The molecule has 0 aliphatic carbocycles. The highest BCUT2D eigenvalue weighted by Gasteiger charge is 2.26. The number of aromatic nitrogens is 3. The van der Waals surface area contributed by atoms with Gasteiger partial charge in [-0.2, -0.15) is 0 Å². The van der Waals surface area contributed by atoms with Gasteiger partial charge in [-0.3, -0.25) is 9.48 Å². The number of hydrogen-bond donors (Lipinski definition) is 2. The molecule has 1 amide bonds. The Morgan fingerprint density at radius 2 is 2.18 bits per heavy atom. The Hall–Kier alpha value is -1.43. The molecule has 0 bridgehead atoms. The predicted molar refractivity (Wildman–Crippen MR) is 63.2 cm³/mol. The smallest absolute Gasteiger partial charge is 0.222 e. The van der Waals surface area contributed by atoms with Crippen molar-refractivity contribution < 1.29 is 9.90 Å². The first-order valence-electron chi connectivity index (χ1n) is 5.91. The van der Waals surface area contributed by atoms with Gasteiger partial charge < -0.3 is 10.4 Å². The molecule has 0 aromatic carbocycles. The molecule has 0 fully saturated rings. The highest BCUT2D eigenvalue weighted by Crippen LogP contribution is 2.14. The molecule has 1 rings (SSSR count). The van der Waals surface area contributed by atoms with Crippen molar-refractivity contribution >= 4 is 5.91 Å². The Morgan fingerprint density at radius 3 is 2.65 bits per heavy atom. The van der Waals surface area contributed by atoms with Gasteiger partial charge in [0.25, 0.3) is 0 Å². The zero-order valence-electron chi connectivity index (χ0n) is 10.4. The molecule has 17 heavy (non-hydrogen) atoms. The first-order chi connectivity index (χ1) is 8.15. The highest BCUT2D eigenvalue weighted by molar-refractivity contribution is 5.76. The minimum absolute atomic E-state index is 0.0327. The van der Waals surface area contributed by atoms with Crippen molar-refractivity contribution in [2.75, 3.05) is 6.61 Å². The molecule has 0 atom stereocenters. The minimum Gasteiger partial charge on any atom is -0.394 e. The van der Waals surface area contributed by atoms with E-state index in [9.17, 15) is 9.90 Å². The van der Waals surface area contributed by atoms with E-state index < -0.39 is 5.54 Å². The standard InChI is InChI=1S/C11H20N4O2/c1-3-11(4-2,9-16)13-10(17)5-7-15-8-6-12-14-15/h6,8,16H,3-5,7,9H2,1-2H3,(H,13,17). The number of carbonyl (C=O) groups is 1. The summed E-state index contributed by atoms with van der Waals surface area (Å²) in [5, 5.41) is 19.7. The third-order valence-electron chi connectivity index (χ3n) is 3.10. The van der Waals surface area contributed by atoms with Crippen LogP contribution in [0.15, 0.2) is 12.4 Å². The van der Waals surface area contributed by atoms with Crippen molar-refractivity contribution in [3.05, 3.63) is 12.4 Å². The number of nitrogens with zero attached hydrogens (tertiary/aromatic N) is 3. The van der Waals surface area contributed by atoms with Gasteiger partial charge in [0.2, 0.25) is 5.91 Å². The number of aliphatic hydroxyl groups excluding tert-OH is 1. The van der Waals surface area contributed by atoms with Gasteiger partial charge in [-0.15, -0.1) is 5.10 Å². The van der Waals surface area contributed by atoms with Crippen LogP contribution in [-0.4, -0.2) is 38.2 Å². The van der Waals surface area contributed by atoms with Crippen LogP contribution in [0.4, 0.5) is 0 Å². The number of aliphatic hydroxyl groups is 1. The second-order valence-corrected chi connectivity index (χ2v) is 4.11. The number of nitrogens with one attached hydrogen (secondary N) is 1. The monoisotopic (exact) mass is 240 g/mol.